The first-order valence-corrected chi connectivity index (χ1v) is 9.00. The lowest BCUT2D eigenvalue weighted by Crippen LogP contribution is -2.12. The van der Waals surface area contributed by atoms with Gasteiger partial charge in [-0.15, -0.1) is 11.8 Å². The molecular formula is C18H18N4OS. The number of anilines is 1. The molecule has 122 valence electrons. The molecule has 1 amide bonds. The molecule has 2 heterocycles. The summed E-state index contributed by atoms with van der Waals surface area (Å²) >= 11 is 1.47. The minimum absolute atomic E-state index is 0.0630. The number of hydrogen-bond acceptors (Lipinski definition) is 5. The van der Waals surface area contributed by atoms with Gasteiger partial charge in [-0.3, -0.25) is 9.78 Å². The van der Waals surface area contributed by atoms with E-state index < -0.39 is 0 Å². The van der Waals surface area contributed by atoms with Crippen LogP contribution in [0.2, 0.25) is 0 Å². The van der Waals surface area contributed by atoms with Crippen molar-refractivity contribution in [2.45, 2.75) is 37.1 Å². The van der Waals surface area contributed by atoms with E-state index in [2.05, 4.69) is 21.4 Å². The van der Waals surface area contributed by atoms with E-state index in [4.69, 9.17) is 0 Å². The summed E-state index contributed by atoms with van der Waals surface area (Å²) in [5.41, 5.74) is 3.63. The van der Waals surface area contributed by atoms with Crippen molar-refractivity contribution in [3.8, 4) is 6.07 Å². The second-order valence-corrected chi connectivity index (χ2v) is 6.74. The first kappa shape index (κ1) is 16.5. The number of nitriles is 1. The third-order valence-corrected chi connectivity index (χ3v) is 4.89. The Morgan fingerprint density at radius 2 is 2.25 bits per heavy atom. The Hall–Kier alpha value is -2.39. The standard InChI is InChI=1S/C18H18N4OS/c19-11-14-10-13-4-1-2-6-16(13)22-18(14)24-9-7-17(23)21-15-5-3-8-20-12-15/h3,5,8,10,12H,1-2,4,6-7,9H2,(H,21,23). The lowest BCUT2D eigenvalue weighted by molar-refractivity contribution is -0.115. The summed E-state index contributed by atoms with van der Waals surface area (Å²) in [6.45, 7) is 0. The second-order valence-electron chi connectivity index (χ2n) is 5.65. The molecule has 1 N–H and O–H groups in total. The van der Waals surface area contributed by atoms with Crippen LogP contribution in [0.1, 0.15) is 36.1 Å². The zero-order valence-electron chi connectivity index (χ0n) is 13.3. The van der Waals surface area contributed by atoms with Crippen LogP contribution in [-0.4, -0.2) is 21.6 Å². The zero-order chi connectivity index (χ0) is 16.8. The molecule has 0 saturated carbocycles. The number of carbonyl (C=O) groups is 1. The van der Waals surface area contributed by atoms with Gasteiger partial charge in [-0.2, -0.15) is 5.26 Å². The van der Waals surface area contributed by atoms with Crippen LogP contribution < -0.4 is 5.32 Å². The van der Waals surface area contributed by atoms with Gasteiger partial charge in [0.2, 0.25) is 5.91 Å². The average Bonchev–Trinajstić information content (AvgIpc) is 2.62. The van der Waals surface area contributed by atoms with Gasteiger partial charge in [0, 0.05) is 24.1 Å². The van der Waals surface area contributed by atoms with Crippen LogP contribution >= 0.6 is 11.8 Å². The summed E-state index contributed by atoms with van der Waals surface area (Å²) in [6, 6.07) is 7.78. The maximum atomic E-state index is 12.0. The molecule has 1 aliphatic rings. The van der Waals surface area contributed by atoms with Crippen LogP contribution in [0.3, 0.4) is 0 Å². The molecular weight excluding hydrogens is 320 g/mol. The van der Waals surface area contributed by atoms with Gasteiger partial charge in [0.25, 0.3) is 0 Å². The number of thioether (sulfide) groups is 1. The van der Waals surface area contributed by atoms with Crippen molar-refractivity contribution >= 4 is 23.4 Å². The molecule has 0 fully saturated rings. The Morgan fingerprint density at radius 1 is 1.38 bits per heavy atom. The fourth-order valence-electron chi connectivity index (χ4n) is 2.71. The number of pyridine rings is 2. The van der Waals surface area contributed by atoms with Crippen LogP contribution in [0.15, 0.2) is 35.6 Å². The van der Waals surface area contributed by atoms with Crippen molar-refractivity contribution in [2.24, 2.45) is 0 Å². The summed E-state index contributed by atoms with van der Waals surface area (Å²) < 4.78 is 0. The molecule has 5 nitrogen and oxygen atoms in total. The summed E-state index contributed by atoms with van der Waals surface area (Å²) in [5.74, 6) is 0.527. The van der Waals surface area contributed by atoms with E-state index in [-0.39, 0.29) is 5.91 Å². The number of amides is 1. The van der Waals surface area contributed by atoms with Gasteiger partial charge >= 0.3 is 0 Å². The number of hydrogen-bond donors (Lipinski definition) is 1. The molecule has 0 spiro atoms. The number of fused-ring (bicyclic) bond motifs is 1. The monoisotopic (exact) mass is 338 g/mol. The van der Waals surface area contributed by atoms with Gasteiger partial charge in [-0.05, 0) is 49.4 Å². The Morgan fingerprint density at radius 3 is 3.04 bits per heavy atom. The first-order chi connectivity index (χ1) is 11.8. The van der Waals surface area contributed by atoms with Crippen LogP contribution in [0, 0.1) is 11.3 Å². The molecule has 0 bridgehead atoms. The minimum Gasteiger partial charge on any atom is -0.325 e. The van der Waals surface area contributed by atoms with E-state index in [1.807, 2.05) is 6.07 Å². The third-order valence-electron chi connectivity index (χ3n) is 3.90. The van der Waals surface area contributed by atoms with E-state index in [9.17, 15) is 10.1 Å². The smallest absolute Gasteiger partial charge is 0.225 e. The van der Waals surface area contributed by atoms with Crippen molar-refractivity contribution in [1.29, 1.82) is 5.26 Å². The molecule has 0 unspecified atom stereocenters. The Balaban J connectivity index is 1.58. The lowest BCUT2D eigenvalue weighted by atomic mass is 9.95. The molecule has 0 atom stereocenters. The summed E-state index contributed by atoms with van der Waals surface area (Å²) in [5, 5.41) is 12.9. The van der Waals surface area contributed by atoms with Gasteiger partial charge in [0.1, 0.15) is 11.1 Å². The predicted octanol–water partition coefficient (Wildman–Crippen LogP) is 3.35. The summed E-state index contributed by atoms with van der Waals surface area (Å²) in [6.07, 6.45) is 7.96. The summed E-state index contributed by atoms with van der Waals surface area (Å²) in [7, 11) is 0. The molecule has 3 rings (SSSR count). The van der Waals surface area contributed by atoms with Crippen LogP contribution in [0.5, 0.6) is 0 Å². The first-order valence-electron chi connectivity index (χ1n) is 8.02. The van der Waals surface area contributed by atoms with Gasteiger partial charge in [-0.25, -0.2) is 4.98 Å². The van der Waals surface area contributed by atoms with Gasteiger partial charge in [0.15, 0.2) is 0 Å². The zero-order valence-corrected chi connectivity index (χ0v) is 14.1. The highest BCUT2D eigenvalue weighted by atomic mass is 32.2. The largest absolute Gasteiger partial charge is 0.325 e. The van der Waals surface area contributed by atoms with Gasteiger partial charge in [-0.1, -0.05) is 0 Å². The van der Waals surface area contributed by atoms with E-state index in [0.29, 0.717) is 23.4 Å². The molecule has 24 heavy (non-hydrogen) atoms. The summed E-state index contributed by atoms with van der Waals surface area (Å²) in [4.78, 5) is 20.6. The topological polar surface area (TPSA) is 78.7 Å². The Kier molecular flexibility index (Phi) is 5.44. The fraction of sp³-hybridized carbons (Fsp3) is 0.333. The Labute approximate surface area is 145 Å². The highest BCUT2D eigenvalue weighted by Gasteiger charge is 2.15. The number of rotatable bonds is 5. The van der Waals surface area contributed by atoms with Crippen molar-refractivity contribution in [3.63, 3.8) is 0 Å². The molecule has 2 aromatic heterocycles. The SMILES string of the molecule is N#Cc1cc2c(nc1SCCC(=O)Nc1cccnc1)CCCC2. The maximum absolute atomic E-state index is 12.0. The van der Waals surface area contributed by atoms with Crippen LogP contribution in [-0.2, 0) is 17.6 Å². The van der Waals surface area contributed by atoms with Crippen LogP contribution in [0.25, 0.3) is 0 Å². The fourth-order valence-corrected chi connectivity index (χ4v) is 3.62. The highest BCUT2D eigenvalue weighted by Crippen LogP contribution is 2.27. The van der Waals surface area contributed by atoms with Gasteiger partial charge < -0.3 is 5.32 Å². The lowest BCUT2D eigenvalue weighted by Gasteiger charge is -2.16. The minimum atomic E-state index is -0.0630. The average molecular weight is 338 g/mol. The molecule has 1 aliphatic carbocycles. The molecule has 0 aliphatic heterocycles. The highest BCUT2D eigenvalue weighted by molar-refractivity contribution is 7.99. The molecule has 0 radical (unpaired) electrons. The van der Waals surface area contributed by atoms with E-state index in [0.717, 1.165) is 30.0 Å². The Bertz CT molecular complexity index is 771. The van der Waals surface area contributed by atoms with Gasteiger partial charge in [0.05, 0.1) is 17.4 Å². The second kappa shape index (κ2) is 7.93. The van der Waals surface area contributed by atoms with Crippen molar-refractivity contribution in [2.75, 3.05) is 11.1 Å². The number of nitrogens with zero attached hydrogens (tertiary/aromatic N) is 3. The van der Waals surface area contributed by atoms with Crippen molar-refractivity contribution < 1.29 is 4.79 Å². The molecule has 6 heteroatoms. The molecule has 0 aromatic carbocycles. The molecule has 2 aromatic rings. The number of aromatic nitrogens is 2. The quantitative estimate of drug-likeness (QED) is 0.846. The number of aryl methyl sites for hydroxylation is 2. The van der Waals surface area contributed by atoms with Crippen molar-refractivity contribution in [1.82, 2.24) is 9.97 Å². The predicted molar refractivity (Wildman–Crippen MR) is 93.8 cm³/mol. The normalized spacial score (nSPS) is 13.0. The molecule has 0 saturated heterocycles. The van der Waals surface area contributed by atoms with E-state index in [1.165, 1.54) is 23.7 Å². The number of nitrogens with one attached hydrogen (secondary N) is 1. The van der Waals surface area contributed by atoms with Crippen molar-refractivity contribution in [3.05, 3.63) is 47.4 Å². The third kappa shape index (κ3) is 4.12. The number of carbonyl (C=O) groups excluding carboxylic acids is 1. The van der Waals surface area contributed by atoms with E-state index in [1.54, 1.807) is 24.5 Å². The van der Waals surface area contributed by atoms with Crippen LogP contribution in [0.4, 0.5) is 5.69 Å². The van der Waals surface area contributed by atoms with E-state index >= 15 is 0 Å². The maximum Gasteiger partial charge on any atom is 0.225 e.